The molecule has 8 heteroatoms. The Morgan fingerprint density at radius 2 is 1.58 bits per heavy atom. The Hall–Kier alpha value is -3.36. The molecule has 198 valence electrons. The molecule has 2 saturated heterocycles. The molecule has 3 aromatic rings. The van der Waals surface area contributed by atoms with Crippen LogP contribution in [-0.2, 0) is 21.3 Å². The van der Waals surface area contributed by atoms with Crippen LogP contribution in [-0.4, -0.2) is 48.0 Å². The van der Waals surface area contributed by atoms with Gasteiger partial charge in [-0.3, -0.25) is 4.90 Å². The summed E-state index contributed by atoms with van der Waals surface area (Å²) in [7, 11) is 0. The first-order valence-electron chi connectivity index (χ1n) is 12.8. The smallest absolute Gasteiger partial charge is 0.416 e. The number of carbonyl (C=O) groups excluding carboxylic acids is 1. The quantitative estimate of drug-likeness (QED) is 0.457. The molecule has 0 radical (unpaired) electrons. The maximum atomic E-state index is 13.4. The van der Waals surface area contributed by atoms with Crippen molar-refractivity contribution < 1.29 is 32.5 Å². The molecule has 0 spiro atoms. The van der Waals surface area contributed by atoms with Crippen LogP contribution in [0.4, 0.5) is 18.0 Å². The highest BCUT2D eigenvalue weighted by Gasteiger charge is 2.50. The van der Waals surface area contributed by atoms with Crippen LogP contribution in [0, 0.1) is 6.92 Å². The number of ether oxygens (including phenoxy) is 2. The van der Waals surface area contributed by atoms with Gasteiger partial charge in [-0.2, -0.15) is 13.2 Å². The van der Waals surface area contributed by atoms with Gasteiger partial charge in [-0.1, -0.05) is 60.7 Å². The monoisotopic (exact) mass is 523 g/mol. The minimum absolute atomic E-state index is 0.0591. The maximum Gasteiger partial charge on any atom is 0.416 e. The predicted octanol–water partition coefficient (Wildman–Crippen LogP) is 6.01. The van der Waals surface area contributed by atoms with Crippen molar-refractivity contribution in [3.8, 4) is 11.1 Å². The van der Waals surface area contributed by atoms with Crippen molar-refractivity contribution in [1.29, 1.82) is 0 Å². The molecule has 1 amide bonds. The van der Waals surface area contributed by atoms with E-state index in [0.717, 1.165) is 28.3 Å². The van der Waals surface area contributed by atoms with Crippen LogP contribution in [0.15, 0.2) is 66.7 Å². The van der Waals surface area contributed by atoms with Gasteiger partial charge in [0, 0.05) is 18.8 Å². The minimum Gasteiger partial charge on any atom is -0.448 e. The molecular weight excluding hydrogens is 495 g/mol. The van der Waals surface area contributed by atoms with Crippen LogP contribution in [0.3, 0.4) is 0 Å². The van der Waals surface area contributed by atoms with Crippen LogP contribution < -0.4 is 0 Å². The van der Waals surface area contributed by atoms with Gasteiger partial charge in [0.2, 0.25) is 0 Å². The number of halogens is 3. The van der Waals surface area contributed by atoms with Crippen LogP contribution >= 0.6 is 0 Å². The minimum atomic E-state index is -4.46. The lowest BCUT2D eigenvalue weighted by Gasteiger charge is -2.51. The Morgan fingerprint density at radius 1 is 1.00 bits per heavy atom. The third kappa shape index (κ3) is 4.16. The van der Waals surface area contributed by atoms with Crippen LogP contribution in [0.5, 0.6) is 0 Å². The van der Waals surface area contributed by atoms with Crippen molar-refractivity contribution in [3.63, 3.8) is 0 Å². The number of nitrogens with zero attached hydrogens (tertiary/aromatic N) is 1. The highest BCUT2D eigenvalue weighted by Crippen LogP contribution is 2.46. The summed E-state index contributed by atoms with van der Waals surface area (Å²) in [6.45, 7) is 2.03. The number of alkyl halides is 3. The van der Waals surface area contributed by atoms with Gasteiger partial charge < -0.3 is 14.6 Å². The summed E-state index contributed by atoms with van der Waals surface area (Å²) in [5, 5.41) is 11.6. The van der Waals surface area contributed by atoms with E-state index < -0.39 is 35.5 Å². The van der Waals surface area contributed by atoms with E-state index >= 15 is 0 Å². The summed E-state index contributed by atoms with van der Waals surface area (Å²) in [6, 6.07) is 19.1. The first-order chi connectivity index (χ1) is 18.2. The average molecular weight is 524 g/mol. The molecule has 2 unspecified atom stereocenters. The fraction of sp³-hybridized carbons (Fsp3) is 0.367. The van der Waals surface area contributed by atoms with Crippen LogP contribution in [0.1, 0.15) is 46.6 Å². The fourth-order valence-corrected chi connectivity index (χ4v) is 6.45. The Labute approximate surface area is 218 Å². The first-order valence-corrected chi connectivity index (χ1v) is 12.8. The van der Waals surface area contributed by atoms with Crippen molar-refractivity contribution in [2.24, 2.45) is 0 Å². The topological polar surface area (TPSA) is 59.0 Å². The number of fused-ring (bicyclic) bond motifs is 5. The summed E-state index contributed by atoms with van der Waals surface area (Å²) in [6.07, 6.45) is -4.61. The van der Waals surface area contributed by atoms with E-state index in [4.69, 9.17) is 9.47 Å². The van der Waals surface area contributed by atoms with Gasteiger partial charge in [0.1, 0.15) is 6.61 Å². The summed E-state index contributed by atoms with van der Waals surface area (Å²) >= 11 is 0. The second-order valence-electron chi connectivity index (χ2n) is 10.5. The SMILES string of the molecule is Cc1cc(C2(O)CC3COCC(C2)N3C(=O)OCC2c3ccccc3-c3ccccc32)ccc1C(F)(F)F. The first kappa shape index (κ1) is 24.9. The molecule has 2 heterocycles. The molecule has 5 nitrogen and oxygen atoms in total. The molecule has 1 aliphatic carbocycles. The third-order valence-corrected chi connectivity index (χ3v) is 8.17. The number of benzene rings is 3. The highest BCUT2D eigenvalue weighted by molar-refractivity contribution is 5.79. The van der Waals surface area contributed by atoms with Crippen molar-refractivity contribution in [2.75, 3.05) is 19.8 Å². The van der Waals surface area contributed by atoms with Crippen molar-refractivity contribution >= 4 is 6.09 Å². The van der Waals surface area contributed by atoms with Crippen molar-refractivity contribution in [1.82, 2.24) is 4.90 Å². The molecule has 0 aromatic heterocycles. The van der Waals surface area contributed by atoms with E-state index in [1.807, 2.05) is 24.3 Å². The van der Waals surface area contributed by atoms with Gasteiger partial charge in [0.25, 0.3) is 0 Å². The number of hydrogen-bond acceptors (Lipinski definition) is 4. The summed E-state index contributed by atoms with van der Waals surface area (Å²) in [4.78, 5) is 15.0. The maximum absolute atomic E-state index is 13.4. The second-order valence-corrected chi connectivity index (χ2v) is 10.5. The van der Waals surface area contributed by atoms with Gasteiger partial charge in [-0.15, -0.1) is 0 Å². The molecular formula is C30H28F3NO4. The van der Waals surface area contributed by atoms with E-state index in [1.165, 1.54) is 19.1 Å². The van der Waals surface area contributed by atoms with E-state index in [-0.39, 0.29) is 44.1 Å². The summed E-state index contributed by atoms with van der Waals surface area (Å²) < 4.78 is 51.4. The van der Waals surface area contributed by atoms with Crippen molar-refractivity contribution in [3.05, 3.63) is 94.5 Å². The molecule has 2 bridgehead atoms. The number of piperidine rings is 1. The molecule has 0 saturated carbocycles. The number of amides is 1. The Morgan fingerprint density at radius 3 is 2.13 bits per heavy atom. The Bertz CT molecular complexity index is 1330. The third-order valence-electron chi connectivity index (χ3n) is 8.17. The number of morpholine rings is 1. The van der Waals surface area contributed by atoms with E-state index in [1.54, 1.807) is 4.90 Å². The van der Waals surface area contributed by atoms with Gasteiger partial charge in [-0.05, 0) is 46.4 Å². The number of aliphatic hydroxyl groups is 1. The Kier molecular flexibility index (Phi) is 6.00. The zero-order valence-electron chi connectivity index (χ0n) is 20.9. The lowest BCUT2D eigenvalue weighted by Crippen LogP contribution is -2.62. The summed E-state index contributed by atoms with van der Waals surface area (Å²) in [5.41, 5.74) is 2.93. The average Bonchev–Trinajstić information content (AvgIpc) is 3.19. The number of aryl methyl sites for hydroxylation is 1. The number of hydrogen-bond donors (Lipinski definition) is 1. The fourth-order valence-electron chi connectivity index (χ4n) is 6.45. The van der Waals surface area contributed by atoms with E-state index in [0.29, 0.717) is 5.56 Å². The van der Waals surface area contributed by atoms with E-state index in [2.05, 4.69) is 24.3 Å². The van der Waals surface area contributed by atoms with Crippen LogP contribution in [0.2, 0.25) is 0 Å². The molecule has 38 heavy (non-hydrogen) atoms. The lowest BCUT2D eigenvalue weighted by molar-refractivity contribution is -0.139. The highest BCUT2D eigenvalue weighted by atomic mass is 19.4. The number of carbonyl (C=O) groups is 1. The normalized spacial score (nSPS) is 24.6. The van der Waals surface area contributed by atoms with Crippen LogP contribution in [0.25, 0.3) is 11.1 Å². The molecule has 2 atom stereocenters. The largest absolute Gasteiger partial charge is 0.448 e. The van der Waals surface area contributed by atoms with Crippen molar-refractivity contribution in [2.45, 2.75) is 49.5 Å². The standard InChI is InChI=1S/C30H28F3NO4/c1-18-12-19(10-11-27(18)30(31,32)33)29(36)13-20-15-37-16-21(14-29)34(20)28(35)38-17-26-24-8-4-2-6-22(24)23-7-3-5-9-25(23)26/h2-12,20-21,26,36H,13-17H2,1H3. The molecule has 2 aliphatic heterocycles. The molecule has 3 aromatic carbocycles. The van der Waals surface area contributed by atoms with Gasteiger partial charge in [0.15, 0.2) is 0 Å². The predicted molar refractivity (Wildman–Crippen MR) is 135 cm³/mol. The lowest BCUT2D eigenvalue weighted by atomic mass is 9.76. The molecule has 1 N–H and O–H groups in total. The van der Waals surface area contributed by atoms with Gasteiger partial charge >= 0.3 is 12.3 Å². The zero-order valence-corrected chi connectivity index (χ0v) is 20.9. The summed E-state index contributed by atoms with van der Waals surface area (Å²) in [5.74, 6) is -0.0701. The van der Waals surface area contributed by atoms with Gasteiger partial charge in [0.05, 0.1) is 36.5 Å². The Balaban J connectivity index is 1.20. The molecule has 2 fully saturated rings. The van der Waals surface area contributed by atoms with E-state index in [9.17, 15) is 23.1 Å². The molecule has 6 rings (SSSR count). The molecule has 3 aliphatic rings. The van der Waals surface area contributed by atoms with Gasteiger partial charge in [-0.25, -0.2) is 4.79 Å². The zero-order chi connectivity index (χ0) is 26.7. The number of rotatable bonds is 3. The second kappa shape index (κ2) is 9.13.